The zero-order valence-electron chi connectivity index (χ0n) is 15.7. The third-order valence-corrected chi connectivity index (χ3v) is 4.47. The molecule has 0 bridgehead atoms. The highest BCUT2D eigenvalue weighted by Gasteiger charge is 2.43. The van der Waals surface area contributed by atoms with Gasteiger partial charge in [0.2, 0.25) is 0 Å². The molecule has 3 rings (SSSR count). The first kappa shape index (κ1) is 18.2. The van der Waals surface area contributed by atoms with Crippen LogP contribution >= 0.6 is 0 Å². The van der Waals surface area contributed by atoms with Crippen molar-refractivity contribution in [3.63, 3.8) is 0 Å². The SMILES string of the molecule is COc1cccc(C2=NC3(CCN(C(=O)OC(C)(C)C)CC3)NC2=O)c1. The summed E-state index contributed by atoms with van der Waals surface area (Å²) in [6, 6.07) is 7.30. The van der Waals surface area contributed by atoms with E-state index in [1.165, 1.54) is 0 Å². The molecule has 0 atom stereocenters. The average molecular weight is 359 g/mol. The number of ether oxygens (including phenoxy) is 2. The summed E-state index contributed by atoms with van der Waals surface area (Å²) in [4.78, 5) is 31.0. The van der Waals surface area contributed by atoms with Crippen LogP contribution in [0.2, 0.25) is 0 Å². The van der Waals surface area contributed by atoms with Crippen molar-refractivity contribution < 1.29 is 19.1 Å². The number of carbonyl (C=O) groups is 2. The second-order valence-electron chi connectivity index (χ2n) is 7.65. The fourth-order valence-corrected chi connectivity index (χ4v) is 3.15. The minimum atomic E-state index is -0.645. The van der Waals surface area contributed by atoms with Crippen molar-refractivity contribution in [1.29, 1.82) is 0 Å². The van der Waals surface area contributed by atoms with E-state index in [0.29, 0.717) is 37.4 Å². The number of methoxy groups -OCH3 is 1. The van der Waals surface area contributed by atoms with Crippen molar-refractivity contribution in [2.45, 2.75) is 44.9 Å². The number of hydrogen-bond acceptors (Lipinski definition) is 5. The molecule has 26 heavy (non-hydrogen) atoms. The average Bonchev–Trinajstić information content (AvgIpc) is 2.90. The molecule has 0 radical (unpaired) electrons. The van der Waals surface area contributed by atoms with Crippen molar-refractivity contribution >= 4 is 17.7 Å². The Hall–Kier alpha value is -2.57. The summed E-state index contributed by atoms with van der Waals surface area (Å²) in [5.41, 5.74) is -0.0256. The van der Waals surface area contributed by atoms with Crippen LogP contribution in [0.4, 0.5) is 4.79 Å². The molecule has 2 amide bonds. The summed E-state index contributed by atoms with van der Waals surface area (Å²) in [6.07, 6.45) is 0.797. The van der Waals surface area contributed by atoms with Crippen LogP contribution in [0.3, 0.4) is 0 Å². The summed E-state index contributed by atoms with van der Waals surface area (Å²) < 4.78 is 10.6. The second-order valence-corrected chi connectivity index (χ2v) is 7.65. The molecule has 1 spiro atoms. The quantitative estimate of drug-likeness (QED) is 0.879. The molecule has 7 nitrogen and oxygen atoms in total. The van der Waals surface area contributed by atoms with Gasteiger partial charge < -0.3 is 19.7 Å². The number of benzene rings is 1. The molecule has 2 heterocycles. The van der Waals surface area contributed by atoms with Crippen molar-refractivity contribution in [2.75, 3.05) is 20.2 Å². The standard InChI is InChI=1S/C19H25N3O4/c1-18(2,3)26-17(24)22-10-8-19(9-11-22)20-15(16(23)21-19)13-6-5-7-14(12-13)25-4/h5-7,12H,8-11H2,1-4H3,(H,21,23). The van der Waals surface area contributed by atoms with Gasteiger partial charge in [0.25, 0.3) is 5.91 Å². The molecule has 1 N–H and O–H groups in total. The summed E-state index contributed by atoms with van der Waals surface area (Å²) >= 11 is 0. The third-order valence-electron chi connectivity index (χ3n) is 4.47. The van der Waals surface area contributed by atoms with Gasteiger partial charge in [0.05, 0.1) is 7.11 Å². The molecule has 1 aromatic rings. The predicted octanol–water partition coefficient (Wildman–Crippen LogP) is 2.34. The Morgan fingerprint density at radius 3 is 2.58 bits per heavy atom. The van der Waals surface area contributed by atoms with Gasteiger partial charge in [-0.15, -0.1) is 0 Å². The van der Waals surface area contributed by atoms with E-state index in [4.69, 9.17) is 14.5 Å². The van der Waals surface area contributed by atoms with Gasteiger partial charge in [-0.05, 0) is 32.9 Å². The predicted molar refractivity (Wildman–Crippen MR) is 97.4 cm³/mol. The van der Waals surface area contributed by atoms with E-state index < -0.39 is 11.3 Å². The second kappa shape index (κ2) is 6.63. The number of nitrogens with zero attached hydrogens (tertiary/aromatic N) is 2. The first-order chi connectivity index (χ1) is 12.2. The largest absolute Gasteiger partial charge is 0.497 e. The highest BCUT2D eigenvalue weighted by atomic mass is 16.6. The fourth-order valence-electron chi connectivity index (χ4n) is 3.15. The minimum Gasteiger partial charge on any atom is -0.497 e. The Morgan fingerprint density at radius 1 is 1.27 bits per heavy atom. The van der Waals surface area contributed by atoms with Gasteiger partial charge in [-0.25, -0.2) is 4.79 Å². The number of hydrogen-bond donors (Lipinski definition) is 1. The maximum atomic E-state index is 12.5. The maximum Gasteiger partial charge on any atom is 0.410 e. The van der Waals surface area contributed by atoms with Gasteiger partial charge in [0.15, 0.2) is 0 Å². The Balaban J connectivity index is 1.72. The molecule has 1 aromatic carbocycles. The Morgan fingerprint density at radius 2 is 1.96 bits per heavy atom. The van der Waals surface area contributed by atoms with Crippen LogP contribution in [0.15, 0.2) is 29.3 Å². The number of nitrogens with one attached hydrogen (secondary N) is 1. The third kappa shape index (κ3) is 3.81. The number of piperidine rings is 1. The smallest absolute Gasteiger partial charge is 0.410 e. The van der Waals surface area contributed by atoms with Crippen LogP contribution in [0.25, 0.3) is 0 Å². The van der Waals surface area contributed by atoms with Crippen LogP contribution in [0.1, 0.15) is 39.2 Å². The molecular formula is C19H25N3O4. The lowest BCUT2D eigenvalue weighted by atomic mass is 9.98. The van der Waals surface area contributed by atoms with E-state index in [2.05, 4.69) is 5.32 Å². The molecule has 0 aromatic heterocycles. The van der Waals surface area contributed by atoms with Crippen LogP contribution in [-0.2, 0) is 9.53 Å². The summed E-state index contributed by atoms with van der Waals surface area (Å²) in [6.45, 7) is 6.52. The number of carbonyl (C=O) groups excluding carboxylic acids is 2. The number of likely N-dealkylation sites (tertiary alicyclic amines) is 1. The Labute approximate surface area is 153 Å². The molecule has 2 aliphatic rings. The van der Waals surface area contributed by atoms with Gasteiger partial charge in [0.1, 0.15) is 22.7 Å². The van der Waals surface area contributed by atoms with E-state index >= 15 is 0 Å². The highest BCUT2D eigenvalue weighted by Crippen LogP contribution is 2.30. The Kier molecular flexibility index (Phi) is 4.64. The lowest BCUT2D eigenvalue weighted by Crippen LogP contribution is -2.53. The molecule has 140 valence electrons. The van der Waals surface area contributed by atoms with E-state index in [0.717, 1.165) is 5.56 Å². The zero-order chi connectivity index (χ0) is 18.9. The van der Waals surface area contributed by atoms with Gasteiger partial charge in [-0.3, -0.25) is 9.79 Å². The number of amides is 2. The normalized spacial score (nSPS) is 19.2. The van der Waals surface area contributed by atoms with E-state index in [9.17, 15) is 9.59 Å². The molecule has 1 saturated heterocycles. The van der Waals surface area contributed by atoms with Gasteiger partial charge >= 0.3 is 6.09 Å². The first-order valence-electron chi connectivity index (χ1n) is 8.76. The number of aliphatic imine (C=N–C) groups is 1. The molecule has 7 heteroatoms. The van der Waals surface area contributed by atoms with Gasteiger partial charge in [-0.1, -0.05) is 12.1 Å². The molecule has 0 unspecified atom stereocenters. The fraction of sp³-hybridized carbons (Fsp3) is 0.526. The van der Waals surface area contributed by atoms with Crippen LogP contribution < -0.4 is 10.1 Å². The minimum absolute atomic E-state index is 0.191. The molecule has 2 aliphatic heterocycles. The van der Waals surface area contributed by atoms with Gasteiger partial charge in [0, 0.05) is 31.5 Å². The molecule has 0 aliphatic carbocycles. The maximum absolute atomic E-state index is 12.5. The topological polar surface area (TPSA) is 80.2 Å². The molecular weight excluding hydrogens is 334 g/mol. The zero-order valence-corrected chi connectivity index (χ0v) is 15.7. The van der Waals surface area contributed by atoms with Crippen molar-refractivity contribution in [3.8, 4) is 5.75 Å². The van der Waals surface area contributed by atoms with Crippen LogP contribution in [0.5, 0.6) is 5.75 Å². The van der Waals surface area contributed by atoms with Gasteiger partial charge in [-0.2, -0.15) is 0 Å². The van der Waals surface area contributed by atoms with E-state index in [-0.39, 0.29) is 12.0 Å². The molecule has 0 saturated carbocycles. The van der Waals surface area contributed by atoms with Crippen LogP contribution in [0, 0.1) is 0 Å². The van der Waals surface area contributed by atoms with E-state index in [1.54, 1.807) is 18.1 Å². The van der Waals surface area contributed by atoms with Crippen molar-refractivity contribution in [1.82, 2.24) is 10.2 Å². The monoisotopic (exact) mass is 359 g/mol. The summed E-state index contributed by atoms with van der Waals surface area (Å²) in [5.74, 6) is 0.489. The van der Waals surface area contributed by atoms with E-state index in [1.807, 2.05) is 39.0 Å². The number of rotatable bonds is 2. The first-order valence-corrected chi connectivity index (χ1v) is 8.76. The van der Waals surface area contributed by atoms with Crippen LogP contribution in [-0.4, -0.2) is 54.1 Å². The van der Waals surface area contributed by atoms with Crippen molar-refractivity contribution in [3.05, 3.63) is 29.8 Å². The summed E-state index contributed by atoms with van der Waals surface area (Å²) in [7, 11) is 1.59. The summed E-state index contributed by atoms with van der Waals surface area (Å²) in [5, 5.41) is 3.00. The lowest BCUT2D eigenvalue weighted by molar-refractivity contribution is -0.115. The molecule has 1 fully saturated rings. The van der Waals surface area contributed by atoms with Crippen molar-refractivity contribution in [2.24, 2.45) is 4.99 Å². The highest BCUT2D eigenvalue weighted by molar-refractivity contribution is 6.46. The lowest BCUT2D eigenvalue weighted by Gasteiger charge is -2.37. The Bertz CT molecular complexity index is 743.